The third kappa shape index (κ3) is 5.43. The number of hydrogen-bond donors (Lipinski definition) is 1. The van der Waals surface area contributed by atoms with Crippen LogP contribution in [0.15, 0.2) is 29.2 Å². The van der Waals surface area contributed by atoms with Crippen molar-refractivity contribution in [2.45, 2.75) is 25.2 Å². The maximum atomic E-state index is 12.3. The average molecular weight is 383 g/mol. The molecule has 1 aromatic rings. The van der Waals surface area contributed by atoms with Crippen LogP contribution in [-0.2, 0) is 19.6 Å². The Bertz CT molecular complexity index is 725. The van der Waals surface area contributed by atoms with Crippen LogP contribution >= 0.6 is 0 Å². The van der Waals surface area contributed by atoms with Gasteiger partial charge in [-0.1, -0.05) is 0 Å². The van der Waals surface area contributed by atoms with E-state index in [4.69, 9.17) is 4.74 Å². The molecule has 0 spiro atoms. The molecule has 1 saturated heterocycles. The number of piperazine rings is 1. The lowest BCUT2D eigenvalue weighted by Gasteiger charge is -2.34. The minimum absolute atomic E-state index is 0.000198. The maximum Gasteiger partial charge on any atom is 0.240 e. The molecule has 1 aromatic carbocycles. The second-order valence-corrected chi connectivity index (χ2v) is 7.71. The van der Waals surface area contributed by atoms with Gasteiger partial charge in [-0.25, -0.2) is 13.1 Å². The van der Waals surface area contributed by atoms with Crippen molar-refractivity contribution in [3.63, 3.8) is 0 Å². The molecule has 0 atom stereocenters. The highest BCUT2D eigenvalue weighted by Gasteiger charge is 2.22. The predicted octanol–water partition coefficient (Wildman–Crippen LogP) is 0.444. The number of carbonyl (C=O) groups excluding carboxylic acids is 2. The number of benzene rings is 1. The smallest absolute Gasteiger partial charge is 0.240 e. The highest BCUT2D eigenvalue weighted by atomic mass is 32.2. The zero-order chi connectivity index (χ0) is 19.2. The van der Waals surface area contributed by atoms with Crippen LogP contribution in [0.4, 0.5) is 0 Å². The van der Waals surface area contributed by atoms with Crippen molar-refractivity contribution < 1.29 is 22.7 Å². The van der Waals surface area contributed by atoms with Gasteiger partial charge in [0.25, 0.3) is 0 Å². The molecule has 1 heterocycles. The molecule has 2 amide bonds. The first-order valence-corrected chi connectivity index (χ1v) is 10.1. The van der Waals surface area contributed by atoms with Crippen LogP contribution in [0, 0.1) is 0 Å². The largest absolute Gasteiger partial charge is 0.494 e. The second-order valence-electron chi connectivity index (χ2n) is 5.94. The molecule has 1 aliphatic heterocycles. The summed E-state index contributed by atoms with van der Waals surface area (Å²) in [5.41, 5.74) is 0. The number of carbonyl (C=O) groups is 2. The molecular formula is C17H25N3O5S. The fourth-order valence-corrected chi connectivity index (χ4v) is 3.72. The highest BCUT2D eigenvalue weighted by molar-refractivity contribution is 7.89. The van der Waals surface area contributed by atoms with Gasteiger partial charge in [0.05, 0.1) is 11.5 Å². The van der Waals surface area contributed by atoms with Crippen molar-refractivity contribution in [3.8, 4) is 5.75 Å². The van der Waals surface area contributed by atoms with E-state index in [1.54, 1.807) is 21.9 Å². The molecule has 8 nitrogen and oxygen atoms in total. The van der Waals surface area contributed by atoms with E-state index in [0.29, 0.717) is 38.5 Å². The third-order valence-electron chi connectivity index (χ3n) is 4.15. The molecule has 2 rings (SSSR count). The topological polar surface area (TPSA) is 96.0 Å². The summed E-state index contributed by atoms with van der Waals surface area (Å²) in [6, 6.07) is 6.13. The number of nitrogens with zero attached hydrogens (tertiary/aromatic N) is 2. The van der Waals surface area contributed by atoms with Gasteiger partial charge in [0.2, 0.25) is 21.8 Å². The number of amides is 2. The van der Waals surface area contributed by atoms with Crippen molar-refractivity contribution in [2.75, 3.05) is 39.3 Å². The van der Waals surface area contributed by atoms with Crippen LogP contribution < -0.4 is 9.46 Å². The summed E-state index contributed by atoms with van der Waals surface area (Å²) in [4.78, 5) is 27.0. The number of hydrogen-bond acceptors (Lipinski definition) is 5. The molecule has 0 bridgehead atoms. The number of nitrogens with one attached hydrogen (secondary N) is 1. The van der Waals surface area contributed by atoms with Gasteiger partial charge in [0.15, 0.2) is 0 Å². The van der Waals surface area contributed by atoms with Gasteiger partial charge in [-0.2, -0.15) is 0 Å². The van der Waals surface area contributed by atoms with E-state index in [2.05, 4.69) is 4.72 Å². The fraction of sp³-hybridized carbons (Fsp3) is 0.529. The average Bonchev–Trinajstić information content (AvgIpc) is 2.62. The van der Waals surface area contributed by atoms with E-state index in [1.165, 1.54) is 19.1 Å². The molecule has 0 aromatic heterocycles. The van der Waals surface area contributed by atoms with Crippen LogP contribution in [0.1, 0.15) is 20.3 Å². The van der Waals surface area contributed by atoms with Crippen LogP contribution in [0.5, 0.6) is 5.75 Å². The van der Waals surface area contributed by atoms with Gasteiger partial charge in [0.1, 0.15) is 5.75 Å². The van der Waals surface area contributed by atoms with Gasteiger partial charge in [0, 0.05) is 46.1 Å². The normalized spacial score (nSPS) is 15.0. The first-order chi connectivity index (χ1) is 12.3. The van der Waals surface area contributed by atoms with Crippen molar-refractivity contribution in [1.29, 1.82) is 0 Å². The van der Waals surface area contributed by atoms with Crippen LogP contribution in [0.2, 0.25) is 0 Å². The molecule has 1 N–H and O–H groups in total. The molecular weight excluding hydrogens is 358 g/mol. The molecule has 0 saturated carbocycles. The Morgan fingerprint density at radius 1 is 1.08 bits per heavy atom. The minimum Gasteiger partial charge on any atom is -0.494 e. The standard InChI is InChI=1S/C17H25N3O5S/c1-3-25-15-4-6-16(7-5-15)26(23,24)18-9-8-17(22)20-12-10-19(11-13-20)14(2)21/h4-7,18H,3,8-13H2,1-2H3. The van der Waals surface area contributed by atoms with Gasteiger partial charge in [-0.3, -0.25) is 9.59 Å². The number of ether oxygens (including phenoxy) is 1. The third-order valence-corrected chi connectivity index (χ3v) is 5.63. The van der Waals surface area contributed by atoms with Crippen molar-refractivity contribution in [3.05, 3.63) is 24.3 Å². The zero-order valence-corrected chi connectivity index (χ0v) is 15.9. The SMILES string of the molecule is CCOc1ccc(S(=O)(=O)NCCC(=O)N2CCN(C(C)=O)CC2)cc1. The summed E-state index contributed by atoms with van der Waals surface area (Å²) >= 11 is 0. The van der Waals surface area contributed by atoms with Crippen LogP contribution in [0.3, 0.4) is 0 Å². The van der Waals surface area contributed by atoms with Crippen molar-refractivity contribution in [2.24, 2.45) is 0 Å². The molecule has 144 valence electrons. The Hall–Kier alpha value is -2.13. The van der Waals surface area contributed by atoms with E-state index < -0.39 is 10.0 Å². The first kappa shape index (κ1) is 20.2. The van der Waals surface area contributed by atoms with Crippen molar-refractivity contribution >= 4 is 21.8 Å². The molecule has 0 unspecified atom stereocenters. The minimum atomic E-state index is -3.67. The number of rotatable bonds is 7. The van der Waals surface area contributed by atoms with Crippen LogP contribution in [-0.4, -0.2) is 69.4 Å². The second kappa shape index (κ2) is 9.00. The van der Waals surface area contributed by atoms with Gasteiger partial charge in [-0.15, -0.1) is 0 Å². The van der Waals surface area contributed by atoms with Crippen molar-refractivity contribution in [1.82, 2.24) is 14.5 Å². The lowest BCUT2D eigenvalue weighted by Crippen LogP contribution is -2.50. The van der Waals surface area contributed by atoms with E-state index in [9.17, 15) is 18.0 Å². The van der Waals surface area contributed by atoms with E-state index in [1.807, 2.05) is 6.92 Å². The lowest BCUT2D eigenvalue weighted by atomic mass is 10.3. The Balaban J connectivity index is 1.80. The Labute approximate surface area is 154 Å². The van der Waals surface area contributed by atoms with Crippen LogP contribution in [0.25, 0.3) is 0 Å². The van der Waals surface area contributed by atoms with E-state index in [0.717, 1.165) is 0 Å². The Morgan fingerprint density at radius 2 is 1.65 bits per heavy atom. The van der Waals surface area contributed by atoms with E-state index >= 15 is 0 Å². The van der Waals surface area contributed by atoms with Gasteiger partial charge >= 0.3 is 0 Å². The Morgan fingerprint density at radius 3 is 2.19 bits per heavy atom. The molecule has 0 radical (unpaired) electrons. The molecule has 26 heavy (non-hydrogen) atoms. The molecule has 9 heteroatoms. The maximum absolute atomic E-state index is 12.3. The van der Waals surface area contributed by atoms with Gasteiger partial charge < -0.3 is 14.5 Å². The quantitative estimate of drug-likeness (QED) is 0.737. The summed E-state index contributed by atoms with van der Waals surface area (Å²) < 4.78 is 32.2. The van der Waals surface area contributed by atoms with E-state index in [-0.39, 0.29) is 29.7 Å². The highest BCUT2D eigenvalue weighted by Crippen LogP contribution is 2.15. The summed E-state index contributed by atoms with van der Waals surface area (Å²) in [6.45, 7) is 5.87. The lowest BCUT2D eigenvalue weighted by molar-refractivity contribution is -0.138. The molecule has 1 aliphatic rings. The monoisotopic (exact) mass is 383 g/mol. The Kier molecular flexibility index (Phi) is 6.98. The zero-order valence-electron chi connectivity index (χ0n) is 15.1. The summed E-state index contributed by atoms with van der Waals surface area (Å²) in [7, 11) is -3.67. The predicted molar refractivity (Wildman–Crippen MR) is 96.3 cm³/mol. The molecule has 0 aliphatic carbocycles. The fourth-order valence-electron chi connectivity index (χ4n) is 2.69. The first-order valence-electron chi connectivity index (χ1n) is 8.59. The summed E-state index contributed by atoms with van der Waals surface area (Å²) in [6.07, 6.45) is 0.0797. The molecule has 1 fully saturated rings. The number of sulfonamides is 1. The van der Waals surface area contributed by atoms with Gasteiger partial charge in [-0.05, 0) is 31.2 Å². The summed E-state index contributed by atoms with van der Waals surface area (Å²) in [5, 5.41) is 0. The summed E-state index contributed by atoms with van der Waals surface area (Å²) in [5.74, 6) is 0.481.